The van der Waals surface area contributed by atoms with E-state index >= 15 is 0 Å². The van der Waals surface area contributed by atoms with Gasteiger partial charge in [0.2, 0.25) is 0 Å². The van der Waals surface area contributed by atoms with Crippen LogP contribution in [0, 0.1) is 0 Å². The Balaban J connectivity index is 1.38. The van der Waals surface area contributed by atoms with E-state index in [1.165, 1.54) is 16.5 Å². The zero-order valence-electron chi connectivity index (χ0n) is 19.4. The van der Waals surface area contributed by atoms with Crippen molar-refractivity contribution in [3.8, 4) is 16.9 Å². The predicted molar refractivity (Wildman–Crippen MR) is 135 cm³/mol. The van der Waals surface area contributed by atoms with Crippen LogP contribution in [0.15, 0.2) is 84.9 Å². The molecule has 0 spiro atoms. The third-order valence-electron chi connectivity index (χ3n) is 6.36. The van der Waals surface area contributed by atoms with Gasteiger partial charge in [-0.1, -0.05) is 54.6 Å². The Kier molecular flexibility index (Phi) is 6.91. The van der Waals surface area contributed by atoms with Crippen LogP contribution in [0.4, 0.5) is 0 Å². The molecule has 0 radical (unpaired) electrons. The molecule has 1 fully saturated rings. The molecule has 4 nitrogen and oxygen atoms in total. The van der Waals surface area contributed by atoms with E-state index in [9.17, 15) is 5.11 Å². The second-order valence-corrected chi connectivity index (χ2v) is 8.90. The van der Waals surface area contributed by atoms with E-state index in [1.807, 2.05) is 18.2 Å². The van der Waals surface area contributed by atoms with Crippen LogP contribution < -0.4 is 4.74 Å². The number of aliphatic hydroxyl groups is 1. The fourth-order valence-corrected chi connectivity index (χ4v) is 4.67. The van der Waals surface area contributed by atoms with Crippen molar-refractivity contribution in [2.75, 3.05) is 13.7 Å². The molecule has 4 aromatic carbocycles. The van der Waals surface area contributed by atoms with Crippen molar-refractivity contribution in [1.82, 2.24) is 0 Å². The molecule has 0 saturated carbocycles. The molecule has 1 aliphatic heterocycles. The third-order valence-corrected chi connectivity index (χ3v) is 6.36. The summed E-state index contributed by atoms with van der Waals surface area (Å²) >= 11 is 0. The maximum atomic E-state index is 9.98. The number of fused-ring (bicyclic) bond motifs is 1. The number of ether oxygens (including phenoxy) is 3. The van der Waals surface area contributed by atoms with Gasteiger partial charge in [-0.25, -0.2) is 0 Å². The number of benzene rings is 4. The minimum atomic E-state index is -0.292. The Morgan fingerprint density at radius 2 is 1.76 bits per heavy atom. The lowest BCUT2D eigenvalue weighted by molar-refractivity contribution is -0.0448. The summed E-state index contributed by atoms with van der Waals surface area (Å²) in [5.74, 6) is 0.829. The Hall–Kier alpha value is -3.18. The molecule has 34 heavy (non-hydrogen) atoms. The van der Waals surface area contributed by atoms with Gasteiger partial charge in [0.15, 0.2) is 0 Å². The van der Waals surface area contributed by atoms with Crippen molar-refractivity contribution >= 4 is 10.8 Å². The van der Waals surface area contributed by atoms with Gasteiger partial charge < -0.3 is 19.3 Å². The van der Waals surface area contributed by atoms with Gasteiger partial charge in [-0.3, -0.25) is 0 Å². The molecular formula is C30H30O4. The summed E-state index contributed by atoms with van der Waals surface area (Å²) in [6, 6.07) is 29.4. The van der Waals surface area contributed by atoms with Crippen molar-refractivity contribution in [1.29, 1.82) is 0 Å². The molecule has 174 valence electrons. The SMILES string of the molecule is COCc1cc(-c2ccccc2)c2ccc(OCc3cccc(C4CC(O)CCO4)c3)cc2c1. The Morgan fingerprint density at radius 1 is 0.882 bits per heavy atom. The lowest BCUT2D eigenvalue weighted by Gasteiger charge is -2.27. The molecule has 1 heterocycles. The fraction of sp³-hybridized carbons (Fsp3) is 0.267. The summed E-state index contributed by atoms with van der Waals surface area (Å²) in [6.45, 7) is 1.63. The van der Waals surface area contributed by atoms with E-state index < -0.39 is 0 Å². The van der Waals surface area contributed by atoms with Gasteiger partial charge in [-0.05, 0) is 75.3 Å². The Morgan fingerprint density at radius 3 is 2.59 bits per heavy atom. The molecule has 0 bridgehead atoms. The van der Waals surface area contributed by atoms with E-state index in [-0.39, 0.29) is 12.2 Å². The van der Waals surface area contributed by atoms with Crippen LogP contribution in [0.1, 0.15) is 35.6 Å². The Labute approximate surface area is 200 Å². The standard InChI is InChI=1S/C30H30O4/c1-32-19-22-15-25-17-27(10-11-28(25)29(16-22)23-7-3-2-4-8-23)34-20-21-6-5-9-24(14-21)30-18-26(31)12-13-33-30/h2-11,14-17,26,30-31H,12-13,18-20H2,1H3. The van der Waals surface area contributed by atoms with Gasteiger partial charge >= 0.3 is 0 Å². The predicted octanol–water partition coefficient (Wildman–Crippen LogP) is 6.44. The highest BCUT2D eigenvalue weighted by Crippen LogP contribution is 2.33. The zero-order valence-corrected chi connectivity index (χ0v) is 19.4. The molecule has 0 amide bonds. The highest BCUT2D eigenvalue weighted by molar-refractivity contribution is 5.98. The summed E-state index contributed by atoms with van der Waals surface area (Å²) in [5.41, 5.74) is 5.69. The summed E-state index contributed by atoms with van der Waals surface area (Å²) in [4.78, 5) is 0. The molecular weight excluding hydrogens is 424 g/mol. The van der Waals surface area contributed by atoms with Crippen molar-refractivity contribution in [2.24, 2.45) is 0 Å². The van der Waals surface area contributed by atoms with Gasteiger partial charge in [0.1, 0.15) is 12.4 Å². The molecule has 5 rings (SSSR count). The minimum absolute atomic E-state index is 0.0556. The van der Waals surface area contributed by atoms with Crippen LogP contribution in [0.5, 0.6) is 5.75 Å². The fourth-order valence-electron chi connectivity index (χ4n) is 4.67. The van der Waals surface area contributed by atoms with Crippen molar-refractivity contribution in [3.63, 3.8) is 0 Å². The lowest BCUT2D eigenvalue weighted by atomic mass is 9.95. The highest BCUT2D eigenvalue weighted by atomic mass is 16.5. The first-order valence-electron chi connectivity index (χ1n) is 11.8. The molecule has 2 atom stereocenters. The quantitative estimate of drug-likeness (QED) is 0.349. The first-order chi connectivity index (χ1) is 16.7. The van der Waals surface area contributed by atoms with Crippen LogP contribution in [0.3, 0.4) is 0 Å². The number of aliphatic hydroxyl groups excluding tert-OH is 1. The van der Waals surface area contributed by atoms with Crippen molar-refractivity contribution < 1.29 is 19.3 Å². The molecule has 4 heteroatoms. The maximum Gasteiger partial charge on any atom is 0.120 e. The summed E-state index contributed by atoms with van der Waals surface area (Å²) in [5, 5.41) is 12.3. The minimum Gasteiger partial charge on any atom is -0.489 e. The number of hydrogen-bond donors (Lipinski definition) is 1. The average molecular weight is 455 g/mol. The van der Waals surface area contributed by atoms with Gasteiger partial charge in [0, 0.05) is 20.1 Å². The van der Waals surface area contributed by atoms with Crippen LogP contribution in [0.25, 0.3) is 21.9 Å². The summed E-state index contributed by atoms with van der Waals surface area (Å²) in [7, 11) is 1.72. The van der Waals surface area contributed by atoms with Gasteiger partial charge in [0.05, 0.1) is 18.8 Å². The molecule has 1 aliphatic rings. The maximum absolute atomic E-state index is 9.98. The summed E-state index contributed by atoms with van der Waals surface area (Å²) < 4.78 is 17.5. The highest BCUT2D eigenvalue weighted by Gasteiger charge is 2.22. The normalized spacial score (nSPS) is 18.2. The topological polar surface area (TPSA) is 47.9 Å². The summed E-state index contributed by atoms with van der Waals surface area (Å²) in [6.07, 6.45) is 1.00. The second-order valence-electron chi connectivity index (χ2n) is 8.90. The van der Waals surface area contributed by atoms with E-state index in [1.54, 1.807) is 7.11 Å². The van der Waals surface area contributed by atoms with E-state index in [4.69, 9.17) is 14.2 Å². The van der Waals surface area contributed by atoms with E-state index in [2.05, 4.69) is 66.7 Å². The van der Waals surface area contributed by atoms with Gasteiger partial charge in [-0.15, -0.1) is 0 Å². The van der Waals surface area contributed by atoms with Gasteiger partial charge in [0.25, 0.3) is 0 Å². The lowest BCUT2D eigenvalue weighted by Crippen LogP contribution is -2.23. The smallest absolute Gasteiger partial charge is 0.120 e. The largest absolute Gasteiger partial charge is 0.489 e. The molecule has 0 aromatic heterocycles. The third kappa shape index (κ3) is 5.15. The molecule has 2 unspecified atom stereocenters. The van der Waals surface area contributed by atoms with Crippen molar-refractivity contribution in [3.05, 3.63) is 102 Å². The molecule has 0 aliphatic carbocycles. The first-order valence-corrected chi connectivity index (χ1v) is 11.8. The van der Waals surface area contributed by atoms with Crippen LogP contribution in [-0.4, -0.2) is 24.9 Å². The van der Waals surface area contributed by atoms with Crippen molar-refractivity contribution in [2.45, 2.75) is 38.3 Å². The Bertz CT molecular complexity index is 1250. The molecule has 4 aromatic rings. The van der Waals surface area contributed by atoms with Gasteiger partial charge in [-0.2, -0.15) is 0 Å². The van der Waals surface area contributed by atoms with Crippen LogP contribution >= 0.6 is 0 Å². The monoisotopic (exact) mass is 454 g/mol. The molecule has 1 saturated heterocycles. The van der Waals surface area contributed by atoms with E-state index in [0.29, 0.717) is 32.7 Å². The first kappa shape index (κ1) is 22.6. The number of rotatable bonds is 7. The second kappa shape index (κ2) is 10.4. The average Bonchev–Trinajstić information content (AvgIpc) is 2.88. The molecule has 1 N–H and O–H groups in total. The zero-order chi connectivity index (χ0) is 23.3. The van der Waals surface area contributed by atoms with E-state index in [0.717, 1.165) is 27.8 Å². The van der Waals surface area contributed by atoms with Crippen LogP contribution in [0.2, 0.25) is 0 Å². The number of hydrogen-bond acceptors (Lipinski definition) is 4. The van der Waals surface area contributed by atoms with Crippen LogP contribution in [-0.2, 0) is 22.7 Å². The number of methoxy groups -OCH3 is 1.